The molecule has 0 aliphatic carbocycles. The van der Waals surface area contributed by atoms with Crippen molar-refractivity contribution in [1.82, 2.24) is 0 Å². The average Bonchev–Trinajstić information content (AvgIpc) is 2.34. The summed E-state index contributed by atoms with van der Waals surface area (Å²) in [5.41, 5.74) is 2.94. The van der Waals surface area contributed by atoms with E-state index in [9.17, 15) is 0 Å². The van der Waals surface area contributed by atoms with E-state index >= 15 is 0 Å². The molecule has 0 aliphatic rings. The Bertz CT molecular complexity index is 564. The zero-order chi connectivity index (χ0) is 13.1. The van der Waals surface area contributed by atoms with Crippen molar-refractivity contribution in [3.8, 4) is 11.5 Å². The summed E-state index contributed by atoms with van der Waals surface area (Å²) >= 11 is 6.13. The maximum atomic E-state index is 9.06. The van der Waals surface area contributed by atoms with Crippen LogP contribution in [0.2, 0.25) is 5.02 Å². The van der Waals surface area contributed by atoms with Crippen LogP contribution in [0.3, 0.4) is 0 Å². The number of aliphatic hydroxyl groups is 1. The van der Waals surface area contributed by atoms with Crippen molar-refractivity contribution < 1.29 is 9.84 Å². The number of halogens is 1. The van der Waals surface area contributed by atoms with Gasteiger partial charge in [0.1, 0.15) is 11.5 Å². The number of aliphatic hydroxyl groups excluding tert-OH is 1. The predicted octanol–water partition coefficient (Wildman–Crippen LogP) is 4.24. The molecule has 18 heavy (non-hydrogen) atoms. The highest BCUT2D eigenvalue weighted by Gasteiger charge is 2.06. The largest absolute Gasteiger partial charge is 0.456 e. The topological polar surface area (TPSA) is 29.5 Å². The summed E-state index contributed by atoms with van der Waals surface area (Å²) in [6.45, 7) is 3.96. The molecule has 0 amide bonds. The molecule has 0 unspecified atom stereocenters. The fourth-order valence-corrected chi connectivity index (χ4v) is 2.01. The Hall–Kier alpha value is -1.51. The zero-order valence-corrected chi connectivity index (χ0v) is 11.2. The van der Waals surface area contributed by atoms with Crippen LogP contribution in [-0.2, 0) is 6.61 Å². The molecule has 2 aromatic carbocycles. The van der Waals surface area contributed by atoms with Crippen LogP contribution in [0.25, 0.3) is 0 Å². The first-order valence-electron chi connectivity index (χ1n) is 5.74. The lowest BCUT2D eigenvalue weighted by molar-refractivity contribution is 0.281. The Morgan fingerprint density at radius 3 is 2.39 bits per heavy atom. The van der Waals surface area contributed by atoms with Crippen LogP contribution in [0.4, 0.5) is 0 Å². The smallest absolute Gasteiger partial charge is 0.146 e. The first-order chi connectivity index (χ1) is 8.60. The molecule has 0 aliphatic heterocycles. The highest BCUT2D eigenvalue weighted by Crippen LogP contribution is 2.31. The van der Waals surface area contributed by atoms with E-state index in [0.29, 0.717) is 10.8 Å². The minimum atomic E-state index is 0.0341. The van der Waals surface area contributed by atoms with Gasteiger partial charge in [-0.05, 0) is 48.7 Å². The van der Waals surface area contributed by atoms with Gasteiger partial charge in [0.15, 0.2) is 0 Å². The molecular formula is C15H15ClO2. The molecule has 2 aromatic rings. The number of hydrogen-bond donors (Lipinski definition) is 1. The summed E-state index contributed by atoms with van der Waals surface area (Å²) in [5.74, 6) is 1.39. The third kappa shape index (κ3) is 2.84. The maximum Gasteiger partial charge on any atom is 0.146 e. The number of ether oxygens (including phenoxy) is 1. The van der Waals surface area contributed by atoms with Gasteiger partial charge in [-0.1, -0.05) is 29.8 Å². The summed E-state index contributed by atoms with van der Waals surface area (Å²) in [6, 6.07) is 11.3. The summed E-state index contributed by atoms with van der Waals surface area (Å²) in [7, 11) is 0. The van der Waals surface area contributed by atoms with Crippen molar-refractivity contribution in [2.75, 3.05) is 0 Å². The first-order valence-corrected chi connectivity index (χ1v) is 6.12. The maximum absolute atomic E-state index is 9.06. The lowest BCUT2D eigenvalue weighted by atomic mass is 10.1. The van der Waals surface area contributed by atoms with Crippen molar-refractivity contribution in [3.05, 3.63) is 58.1 Å². The highest BCUT2D eigenvalue weighted by molar-refractivity contribution is 6.32. The van der Waals surface area contributed by atoms with Crippen LogP contribution in [0.5, 0.6) is 11.5 Å². The molecule has 3 heteroatoms. The van der Waals surface area contributed by atoms with E-state index in [0.717, 1.165) is 22.4 Å². The number of hydrogen-bond acceptors (Lipinski definition) is 2. The van der Waals surface area contributed by atoms with Crippen LogP contribution < -0.4 is 4.74 Å². The van der Waals surface area contributed by atoms with Gasteiger partial charge in [-0.25, -0.2) is 0 Å². The standard InChI is InChI=1S/C15H15ClO2/c1-10-3-5-15(13(16)7-10)18-14-6-4-12(9-17)8-11(14)2/h3-8,17H,9H2,1-2H3. The summed E-state index contributed by atoms with van der Waals surface area (Å²) < 4.78 is 5.78. The van der Waals surface area contributed by atoms with Crippen LogP contribution >= 0.6 is 11.6 Å². The monoisotopic (exact) mass is 262 g/mol. The second-order valence-electron chi connectivity index (χ2n) is 4.29. The van der Waals surface area contributed by atoms with E-state index < -0.39 is 0 Å². The van der Waals surface area contributed by atoms with E-state index in [-0.39, 0.29) is 6.61 Å². The minimum Gasteiger partial charge on any atom is -0.456 e. The van der Waals surface area contributed by atoms with Crippen molar-refractivity contribution >= 4 is 11.6 Å². The van der Waals surface area contributed by atoms with Gasteiger partial charge >= 0.3 is 0 Å². The quantitative estimate of drug-likeness (QED) is 0.896. The van der Waals surface area contributed by atoms with Gasteiger partial charge in [0.05, 0.1) is 11.6 Å². The van der Waals surface area contributed by atoms with E-state index in [1.807, 2.05) is 50.2 Å². The van der Waals surface area contributed by atoms with Gasteiger partial charge in [0.2, 0.25) is 0 Å². The van der Waals surface area contributed by atoms with Gasteiger partial charge in [-0.2, -0.15) is 0 Å². The normalized spacial score (nSPS) is 10.4. The second kappa shape index (κ2) is 5.42. The van der Waals surface area contributed by atoms with Crippen LogP contribution in [0, 0.1) is 13.8 Å². The highest BCUT2D eigenvalue weighted by atomic mass is 35.5. The molecule has 0 bridgehead atoms. The minimum absolute atomic E-state index is 0.0341. The molecule has 0 atom stereocenters. The van der Waals surface area contributed by atoms with Crippen LogP contribution in [0.15, 0.2) is 36.4 Å². The Labute approximate surface area is 112 Å². The Balaban J connectivity index is 2.28. The molecule has 0 heterocycles. The lowest BCUT2D eigenvalue weighted by Gasteiger charge is -2.11. The molecule has 2 nitrogen and oxygen atoms in total. The molecule has 0 fully saturated rings. The molecule has 0 radical (unpaired) electrons. The molecule has 94 valence electrons. The van der Waals surface area contributed by atoms with Gasteiger partial charge in [-0.15, -0.1) is 0 Å². The third-order valence-electron chi connectivity index (χ3n) is 2.73. The van der Waals surface area contributed by atoms with Crippen molar-refractivity contribution in [3.63, 3.8) is 0 Å². The van der Waals surface area contributed by atoms with Crippen molar-refractivity contribution in [1.29, 1.82) is 0 Å². The van der Waals surface area contributed by atoms with Crippen molar-refractivity contribution in [2.45, 2.75) is 20.5 Å². The molecule has 0 spiro atoms. The van der Waals surface area contributed by atoms with Crippen molar-refractivity contribution in [2.24, 2.45) is 0 Å². The summed E-state index contributed by atoms with van der Waals surface area (Å²) in [4.78, 5) is 0. The molecular weight excluding hydrogens is 248 g/mol. The fourth-order valence-electron chi connectivity index (χ4n) is 1.73. The summed E-state index contributed by atoms with van der Waals surface area (Å²) in [6.07, 6.45) is 0. The molecule has 0 saturated heterocycles. The van der Waals surface area contributed by atoms with E-state index in [1.165, 1.54) is 0 Å². The molecule has 2 rings (SSSR count). The Morgan fingerprint density at radius 1 is 1.06 bits per heavy atom. The SMILES string of the molecule is Cc1ccc(Oc2ccc(CO)cc2C)c(Cl)c1. The van der Waals surface area contributed by atoms with E-state index in [4.69, 9.17) is 21.4 Å². The van der Waals surface area contributed by atoms with E-state index in [2.05, 4.69) is 0 Å². The predicted molar refractivity (Wildman–Crippen MR) is 73.4 cm³/mol. The molecule has 1 N–H and O–H groups in total. The Kier molecular flexibility index (Phi) is 3.90. The number of aryl methyl sites for hydroxylation is 2. The Morgan fingerprint density at radius 2 is 1.78 bits per heavy atom. The second-order valence-corrected chi connectivity index (χ2v) is 4.70. The molecule has 0 aromatic heterocycles. The number of benzene rings is 2. The van der Waals surface area contributed by atoms with Gasteiger partial charge < -0.3 is 9.84 Å². The van der Waals surface area contributed by atoms with Gasteiger partial charge in [-0.3, -0.25) is 0 Å². The van der Waals surface area contributed by atoms with Crippen LogP contribution in [0.1, 0.15) is 16.7 Å². The molecule has 0 saturated carbocycles. The third-order valence-corrected chi connectivity index (χ3v) is 3.02. The zero-order valence-electron chi connectivity index (χ0n) is 10.4. The average molecular weight is 263 g/mol. The fraction of sp³-hybridized carbons (Fsp3) is 0.200. The van der Waals surface area contributed by atoms with Gasteiger partial charge in [0, 0.05) is 0 Å². The first kappa shape index (κ1) is 12.9. The summed E-state index contributed by atoms with van der Waals surface area (Å²) in [5, 5.41) is 9.65. The lowest BCUT2D eigenvalue weighted by Crippen LogP contribution is -1.91. The number of rotatable bonds is 3. The van der Waals surface area contributed by atoms with E-state index in [1.54, 1.807) is 0 Å². The van der Waals surface area contributed by atoms with Crippen LogP contribution in [-0.4, -0.2) is 5.11 Å². The van der Waals surface area contributed by atoms with Gasteiger partial charge in [0.25, 0.3) is 0 Å².